The topological polar surface area (TPSA) is 49.2 Å². The normalized spacial score (nSPS) is 15.4. The first kappa shape index (κ1) is 22.6. The summed E-state index contributed by atoms with van der Waals surface area (Å²) >= 11 is 0. The van der Waals surface area contributed by atoms with Gasteiger partial charge in [-0.05, 0) is 44.4 Å². The summed E-state index contributed by atoms with van der Waals surface area (Å²) < 4.78 is 16.5. The van der Waals surface area contributed by atoms with E-state index in [1.807, 2.05) is 18.2 Å². The number of benzene rings is 1. The average Bonchev–Trinajstić information content (AvgIpc) is 3.15. The van der Waals surface area contributed by atoms with Crippen molar-refractivity contribution < 1.29 is 36.3 Å². The molecule has 6 heteroatoms. The Labute approximate surface area is 163 Å². The van der Waals surface area contributed by atoms with Crippen LogP contribution in [0.3, 0.4) is 0 Å². The lowest BCUT2D eigenvalue weighted by Crippen LogP contribution is -3.11. The molecule has 0 aromatic heterocycles. The second kappa shape index (κ2) is 10.6. The van der Waals surface area contributed by atoms with Gasteiger partial charge in [0.2, 0.25) is 0 Å². The summed E-state index contributed by atoms with van der Waals surface area (Å²) in [6.45, 7) is 7.75. The molecule has 1 fully saturated rings. The zero-order valence-electron chi connectivity index (χ0n) is 16.4. The number of carbonyl (C=O) groups excluding carboxylic acids is 1. The van der Waals surface area contributed by atoms with E-state index in [4.69, 9.17) is 14.2 Å². The van der Waals surface area contributed by atoms with Crippen LogP contribution in [0.5, 0.6) is 11.5 Å². The molecule has 0 aliphatic heterocycles. The number of hydrogen-bond acceptors (Lipinski definition) is 4. The van der Waals surface area contributed by atoms with E-state index in [0.717, 1.165) is 50.9 Å². The summed E-state index contributed by atoms with van der Waals surface area (Å²) in [5.41, 5.74) is 0.431. The van der Waals surface area contributed by atoms with Crippen LogP contribution >= 0.6 is 0 Å². The number of likely N-dealkylation sites (N-methyl/N-ethyl adjacent to an activating group) is 1. The zero-order chi connectivity index (χ0) is 18.3. The van der Waals surface area contributed by atoms with Crippen molar-refractivity contribution in [3.05, 3.63) is 23.8 Å². The molecule has 0 saturated heterocycles. The SMILES string of the molecule is CC[NH+](CC)CCOC(=O)C1(c2ccc(OC)c(OC)c2)CCCC1.[Cl-]. The number of methoxy groups -OCH3 is 2. The monoisotopic (exact) mass is 385 g/mol. The molecule has 1 saturated carbocycles. The van der Waals surface area contributed by atoms with Crippen LogP contribution in [0.1, 0.15) is 45.1 Å². The third-order valence-corrected chi connectivity index (χ3v) is 5.47. The average molecular weight is 386 g/mol. The second-order valence-electron chi connectivity index (χ2n) is 6.70. The number of nitrogens with one attached hydrogen (secondary N) is 1. The lowest BCUT2D eigenvalue weighted by atomic mass is 9.78. The molecule has 1 aliphatic carbocycles. The van der Waals surface area contributed by atoms with Crippen LogP contribution in [0.15, 0.2) is 18.2 Å². The Hall–Kier alpha value is -1.46. The maximum absolute atomic E-state index is 13.0. The van der Waals surface area contributed by atoms with Crippen LogP contribution < -0.4 is 26.8 Å². The van der Waals surface area contributed by atoms with E-state index in [1.165, 1.54) is 4.90 Å². The van der Waals surface area contributed by atoms with Crippen molar-refractivity contribution in [3.8, 4) is 11.5 Å². The fourth-order valence-electron chi connectivity index (χ4n) is 3.75. The standard InChI is InChI=1S/C20H31NO4.ClH/c1-5-21(6-2)13-14-25-19(22)20(11-7-8-12-20)16-9-10-17(23-3)18(15-16)24-4;/h9-10,15H,5-8,11-14H2,1-4H3;1H. The molecule has 0 bridgehead atoms. The first-order chi connectivity index (χ1) is 12.1. The van der Waals surface area contributed by atoms with Crippen molar-refractivity contribution in [1.29, 1.82) is 0 Å². The van der Waals surface area contributed by atoms with Gasteiger partial charge in [0.05, 0.1) is 32.7 Å². The number of esters is 1. The van der Waals surface area contributed by atoms with Crippen LogP contribution in [0.25, 0.3) is 0 Å². The lowest BCUT2D eigenvalue weighted by Gasteiger charge is -2.28. The Morgan fingerprint density at radius 2 is 1.69 bits per heavy atom. The number of rotatable bonds is 9. The van der Waals surface area contributed by atoms with Gasteiger partial charge in [0.25, 0.3) is 0 Å². The van der Waals surface area contributed by atoms with Gasteiger partial charge in [0.1, 0.15) is 13.2 Å². The Morgan fingerprint density at radius 3 is 2.23 bits per heavy atom. The Kier molecular flexibility index (Phi) is 9.23. The van der Waals surface area contributed by atoms with E-state index >= 15 is 0 Å². The Balaban J connectivity index is 0.00000338. The third-order valence-electron chi connectivity index (χ3n) is 5.47. The van der Waals surface area contributed by atoms with Gasteiger partial charge in [0, 0.05) is 0 Å². The largest absolute Gasteiger partial charge is 1.00 e. The van der Waals surface area contributed by atoms with Crippen LogP contribution in [-0.4, -0.2) is 46.4 Å². The van der Waals surface area contributed by atoms with Gasteiger partial charge in [-0.15, -0.1) is 0 Å². The predicted molar refractivity (Wildman–Crippen MR) is 97.6 cm³/mol. The van der Waals surface area contributed by atoms with E-state index in [2.05, 4.69) is 13.8 Å². The van der Waals surface area contributed by atoms with Gasteiger partial charge in [-0.2, -0.15) is 0 Å². The van der Waals surface area contributed by atoms with Crippen molar-refractivity contribution in [2.75, 3.05) is 40.5 Å². The van der Waals surface area contributed by atoms with Crippen LogP contribution in [-0.2, 0) is 14.9 Å². The highest BCUT2D eigenvalue weighted by Gasteiger charge is 2.44. The molecule has 1 aromatic rings. The number of quaternary nitrogens is 1. The summed E-state index contributed by atoms with van der Waals surface area (Å²) in [6, 6.07) is 5.78. The molecule has 148 valence electrons. The molecule has 0 spiro atoms. The molecule has 5 nitrogen and oxygen atoms in total. The van der Waals surface area contributed by atoms with Crippen LogP contribution in [0.2, 0.25) is 0 Å². The summed E-state index contributed by atoms with van der Waals surface area (Å²) in [6.07, 6.45) is 3.76. The van der Waals surface area contributed by atoms with Gasteiger partial charge in [-0.25, -0.2) is 0 Å². The van der Waals surface area contributed by atoms with Gasteiger partial charge in [0.15, 0.2) is 11.5 Å². The van der Waals surface area contributed by atoms with E-state index in [0.29, 0.717) is 18.1 Å². The minimum Gasteiger partial charge on any atom is -1.00 e. The predicted octanol–water partition coefficient (Wildman–Crippen LogP) is -1.01. The van der Waals surface area contributed by atoms with E-state index in [9.17, 15) is 4.79 Å². The number of halogens is 1. The number of ether oxygens (including phenoxy) is 3. The Bertz CT molecular complexity index is 569. The maximum Gasteiger partial charge on any atom is 0.316 e. The third kappa shape index (κ3) is 4.83. The van der Waals surface area contributed by atoms with Crippen molar-refractivity contribution in [2.24, 2.45) is 0 Å². The molecule has 0 radical (unpaired) electrons. The second-order valence-corrected chi connectivity index (χ2v) is 6.70. The van der Waals surface area contributed by atoms with E-state index in [-0.39, 0.29) is 18.4 Å². The van der Waals surface area contributed by atoms with Crippen LogP contribution in [0, 0.1) is 0 Å². The highest BCUT2D eigenvalue weighted by atomic mass is 35.5. The summed E-state index contributed by atoms with van der Waals surface area (Å²) in [5.74, 6) is 1.24. The first-order valence-electron chi connectivity index (χ1n) is 9.34. The molecule has 0 heterocycles. The zero-order valence-corrected chi connectivity index (χ0v) is 17.2. The first-order valence-corrected chi connectivity index (χ1v) is 9.34. The van der Waals surface area contributed by atoms with Crippen LogP contribution in [0.4, 0.5) is 0 Å². The molecule has 2 rings (SSSR count). The minimum absolute atomic E-state index is 0. The molecule has 1 aliphatic rings. The molecule has 0 amide bonds. The molecular formula is C20H32ClNO4. The van der Waals surface area contributed by atoms with Gasteiger partial charge >= 0.3 is 5.97 Å². The van der Waals surface area contributed by atoms with Crippen molar-refractivity contribution in [2.45, 2.75) is 44.9 Å². The molecule has 0 atom stereocenters. The van der Waals surface area contributed by atoms with E-state index in [1.54, 1.807) is 14.2 Å². The van der Waals surface area contributed by atoms with Gasteiger partial charge in [-0.3, -0.25) is 4.79 Å². The number of carbonyl (C=O) groups is 1. The fraction of sp³-hybridized carbons (Fsp3) is 0.650. The summed E-state index contributed by atoms with van der Waals surface area (Å²) in [7, 11) is 3.24. The summed E-state index contributed by atoms with van der Waals surface area (Å²) in [4.78, 5) is 14.4. The van der Waals surface area contributed by atoms with Gasteiger partial charge in [-0.1, -0.05) is 18.9 Å². The van der Waals surface area contributed by atoms with E-state index < -0.39 is 5.41 Å². The highest BCUT2D eigenvalue weighted by Crippen LogP contribution is 2.44. The Morgan fingerprint density at radius 1 is 1.08 bits per heavy atom. The fourth-order valence-corrected chi connectivity index (χ4v) is 3.75. The quantitative estimate of drug-likeness (QED) is 0.553. The molecular weight excluding hydrogens is 354 g/mol. The lowest BCUT2D eigenvalue weighted by molar-refractivity contribution is -0.896. The molecule has 0 unspecified atom stereocenters. The maximum atomic E-state index is 13.0. The number of hydrogen-bond donors (Lipinski definition) is 1. The molecule has 1 N–H and O–H groups in total. The summed E-state index contributed by atoms with van der Waals surface area (Å²) in [5, 5.41) is 0. The minimum atomic E-state index is -0.544. The smallest absolute Gasteiger partial charge is 0.316 e. The van der Waals surface area contributed by atoms with Crippen molar-refractivity contribution >= 4 is 5.97 Å². The van der Waals surface area contributed by atoms with Crippen molar-refractivity contribution in [1.82, 2.24) is 0 Å². The molecule has 26 heavy (non-hydrogen) atoms. The highest BCUT2D eigenvalue weighted by molar-refractivity contribution is 5.84. The molecule has 1 aromatic carbocycles. The van der Waals surface area contributed by atoms with Crippen molar-refractivity contribution in [3.63, 3.8) is 0 Å². The van der Waals surface area contributed by atoms with Gasteiger partial charge < -0.3 is 31.5 Å².